The molecule has 1 aliphatic rings. The van der Waals surface area contributed by atoms with Gasteiger partial charge in [-0.1, -0.05) is 38.8 Å². The molecule has 0 heterocycles. The van der Waals surface area contributed by atoms with Gasteiger partial charge in [-0.15, -0.1) is 0 Å². The maximum absolute atomic E-state index is 12.1. The second kappa shape index (κ2) is 9.44. The largest absolute Gasteiger partial charge is 0.484 e. The molecule has 25 heavy (non-hydrogen) atoms. The van der Waals surface area contributed by atoms with E-state index in [9.17, 15) is 9.59 Å². The molecule has 2 unspecified atom stereocenters. The SMILES string of the molecule is COC(=O)C1CCCCC1CNC(=O)COc1cccc(C(C)C)c1. The average Bonchev–Trinajstić information content (AvgIpc) is 2.64. The standard InChI is InChI=1S/C20H29NO4/c1-14(2)15-8-6-9-17(11-15)25-13-19(22)21-12-16-7-4-5-10-18(16)20(23)24-3/h6,8-9,11,14,16,18H,4-5,7,10,12-13H2,1-3H3,(H,21,22). The fraction of sp³-hybridized carbons (Fsp3) is 0.600. The molecule has 5 nitrogen and oxygen atoms in total. The van der Waals surface area contributed by atoms with E-state index in [0.29, 0.717) is 18.2 Å². The number of amides is 1. The van der Waals surface area contributed by atoms with E-state index in [-0.39, 0.29) is 30.3 Å². The number of nitrogens with one attached hydrogen (secondary N) is 1. The topological polar surface area (TPSA) is 64.6 Å². The van der Waals surface area contributed by atoms with Gasteiger partial charge >= 0.3 is 5.97 Å². The van der Waals surface area contributed by atoms with Gasteiger partial charge in [-0.3, -0.25) is 9.59 Å². The fourth-order valence-electron chi connectivity index (χ4n) is 3.32. The van der Waals surface area contributed by atoms with E-state index in [1.807, 2.05) is 24.3 Å². The van der Waals surface area contributed by atoms with Crippen molar-refractivity contribution < 1.29 is 19.1 Å². The van der Waals surface area contributed by atoms with Gasteiger partial charge in [-0.2, -0.15) is 0 Å². The van der Waals surface area contributed by atoms with Crippen molar-refractivity contribution in [2.24, 2.45) is 11.8 Å². The number of carbonyl (C=O) groups is 2. The Morgan fingerprint density at radius 3 is 2.72 bits per heavy atom. The Balaban J connectivity index is 1.80. The number of ether oxygens (including phenoxy) is 2. The Morgan fingerprint density at radius 1 is 1.24 bits per heavy atom. The summed E-state index contributed by atoms with van der Waals surface area (Å²) in [6.45, 7) is 4.71. The lowest BCUT2D eigenvalue weighted by molar-refractivity contribution is -0.148. The maximum atomic E-state index is 12.1. The number of esters is 1. The quantitative estimate of drug-likeness (QED) is 0.769. The van der Waals surface area contributed by atoms with Crippen LogP contribution >= 0.6 is 0 Å². The highest BCUT2D eigenvalue weighted by atomic mass is 16.5. The zero-order valence-corrected chi connectivity index (χ0v) is 15.4. The van der Waals surface area contributed by atoms with Crippen LogP contribution in [0.4, 0.5) is 0 Å². The summed E-state index contributed by atoms with van der Waals surface area (Å²) in [5.74, 6) is 0.826. The van der Waals surface area contributed by atoms with E-state index in [2.05, 4.69) is 19.2 Å². The highest BCUT2D eigenvalue weighted by molar-refractivity contribution is 5.77. The molecular formula is C20H29NO4. The molecule has 1 aromatic rings. The molecular weight excluding hydrogens is 318 g/mol. The Kier molecular flexibility index (Phi) is 7.29. The molecule has 1 amide bonds. The van der Waals surface area contributed by atoms with Crippen LogP contribution < -0.4 is 10.1 Å². The summed E-state index contributed by atoms with van der Waals surface area (Å²) in [4.78, 5) is 23.9. The van der Waals surface area contributed by atoms with Gasteiger partial charge in [-0.05, 0) is 42.4 Å². The van der Waals surface area contributed by atoms with Crippen LogP contribution in [-0.4, -0.2) is 32.1 Å². The van der Waals surface area contributed by atoms with Crippen LogP contribution in [0.1, 0.15) is 51.0 Å². The number of benzene rings is 1. The molecule has 1 fully saturated rings. The third kappa shape index (κ3) is 5.76. The van der Waals surface area contributed by atoms with Crippen molar-refractivity contribution in [3.63, 3.8) is 0 Å². The Hall–Kier alpha value is -2.04. The van der Waals surface area contributed by atoms with E-state index in [1.54, 1.807) is 0 Å². The predicted molar refractivity (Wildman–Crippen MR) is 96.5 cm³/mol. The summed E-state index contributed by atoms with van der Waals surface area (Å²) in [5, 5.41) is 2.90. The summed E-state index contributed by atoms with van der Waals surface area (Å²) in [6, 6.07) is 7.80. The van der Waals surface area contributed by atoms with E-state index in [0.717, 1.165) is 25.7 Å². The fourth-order valence-corrected chi connectivity index (χ4v) is 3.32. The van der Waals surface area contributed by atoms with E-state index < -0.39 is 0 Å². The van der Waals surface area contributed by atoms with Crippen LogP contribution in [0.5, 0.6) is 5.75 Å². The number of methoxy groups -OCH3 is 1. The van der Waals surface area contributed by atoms with Gasteiger partial charge in [-0.25, -0.2) is 0 Å². The van der Waals surface area contributed by atoms with Crippen LogP contribution in [0.2, 0.25) is 0 Å². The van der Waals surface area contributed by atoms with Crippen molar-refractivity contribution in [3.8, 4) is 5.75 Å². The van der Waals surface area contributed by atoms with Crippen LogP contribution in [0.25, 0.3) is 0 Å². The van der Waals surface area contributed by atoms with E-state index in [1.165, 1.54) is 12.7 Å². The van der Waals surface area contributed by atoms with E-state index in [4.69, 9.17) is 9.47 Å². The molecule has 1 N–H and O–H groups in total. The van der Waals surface area contributed by atoms with Crippen LogP contribution in [0.3, 0.4) is 0 Å². The lowest BCUT2D eigenvalue weighted by Gasteiger charge is -2.29. The molecule has 138 valence electrons. The zero-order chi connectivity index (χ0) is 18.2. The molecule has 0 radical (unpaired) electrons. The lowest BCUT2D eigenvalue weighted by atomic mass is 9.79. The number of hydrogen-bond acceptors (Lipinski definition) is 4. The molecule has 2 rings (SSSR count). The maximum Gasteiger partial charge on any atom is 0.309 e. The van der Waals surface area contributed by atoms with Gasteiger partial charge in [0.2, 0.25) is 0 Å². The summed E-state index contributed by atoms with van der Waals surface area (Å²) in [6.07, 6.45) is 3.91. The molecule has 1 saturated carbocycles. The third-order valence-corrected chi connectivity index (χ3v) is 4.87. The smallest absolute Gasteiger partial charge is 0.309 e. The van der Waals surface area contributed by atoms with Gasteiger partial charge in [0.25, 0.3) is 5.91 Å². The van der Waals surface area contributed by atoms with E-state index >= 15 is 0 Å². The number of carbonyl (C=O) groups excluding carboxylic acids is 2. The minimum absolute atomic E-state index is 0.0167. The minimum atomic E-state index is -0.166. The first-order valence-corrected chi connectivity index (χ1v) is 9.08. The Bertz CT molecular complexity index is 585. The van der Waals surface area contributed by atoms with Gasteiger partial charge in [0, 0.05) is 6.54 Å². The summed E-state index contributed by atoms with van der Waals surface area (Å²) in [7, 11) is 1.42. The molecule has 0 saturated heterocycles. The average molecular weight is 347 g/mol. The van der Waals surface area contributed by atoms with Crippen LogP contribution in [0, 0.1) is 11.8 Å². The Morgan fingerprint density at radius 2 is 2.00 bits per heavy atom. The Labute approximate surface area is 150 Å². The van der Waals surface area contributed by atoms with Crippen molar-refractivity contribution in [1.82, 2.24) is 5.32 Å². The second-order valence-electron chi connectivity index (χ2n) is 6.99. The van der Waals surface area contributed by atoms with Gasteiger partial charge in [0.05, 0.1) is 13.0 Å². The molecule has 1 aromatic carbocycles. The van der Waals surface area contributed by atoms with Gasteiger partial charge in [0.1, 0.15) is 5.75 Å². The summed E-state index contributed by atoms with van der Waals surface area (Å²) < 4.78 is 10.5. The van der Waals surface area contributed by atoms with Gasteiger partial charge in [0.15, 0.2) is 6.61 Å². The summed E-state index contributed by atoms with van der Waals surface area (Å²) in [5.41, 5.74) is 1.18. The van der Waals surface area contributed by atoms with Crippen molar-refractivity contribution in [2.45, 2.75) is 45.4 Å². The van der Waals surface area contributed by atoms with Gasteiger partial charge < -0.3 is 14.8 Å². The number of hydrogen-bond donors (Lipinski definition) is 1. The van der Waals surface area contributed by atoms with Crippen molar-refractivity contribution in [2.75, 3.05) is 20.3 Å². The highest BCUT2D eigenvalue weighted by Crippen LogP contribution is 2.30. The molecule has 2 atom stereocenters. The second-order valence-corrected chi connectivity index (χ2v) is 6.99. The third-order valence-electron chi connectivity index (χ3n) is 4.87. The molecule has 1 aliphatic carbocycles. The predicted octanol–water partition coefficient (Wildman–Crippen LogP) is 3.28. The molecule has 5 heteroatoms. The molecule has 0 aromatic heterocycles. The van der Waals surface area contributed by atoms with Crippen molar-refractivity contribution >= 4 is 11.9 Å². The lowest BCUT2D eigenvalue weighted by Crippen LogP contribution is -2.39. The first-order valence-electron chi connectivity index (χ1n) is 9.08. The first kappa shape index (κ1) is 19.3. The zero-order valence-electron chi connectivity index (χ0n) is 15.4. The van der Waals surface area contributed by atoms with Crippen LogP contribution in [-0.2, 0) is 14.3 Å². The normalized spacial score (nSPS) is 20.2. The molecule has 0 bridgehead atoms. The summed E-state index contributed by atoms with van der Waals surface area (Å²) >= 11 is 0. The van der Waals surface area contributed by atoms with Crippen molar-refractivity contribution in [1.29, 1.82) is 0 Å². The molecule has 0 aliphatic heterocycles. The minimum Gasteiger partial charge on any atom is -0.484 e. The van der Waals surface area contributed by atoms with Crippen LogP contribution in [0.15, 0.2) is 24.3 Å². The highest BCUT2D eigenvalue weighted by Gasteiger charge is 2.31. The number of rotatable bonds is 7. The first-order chi connectivity index (χ1) is 12.0. The van der Waals surface area contributed by atoms with Crippen molar-refractivity contribution in [3.05, 3.63) is 29.8 Å². The monoisotopic (exact) mass is 347 g/mol. The molecule has 0 spiro atoms.